The van der Waals surface area contributed by atoms with Crippen LogP contribution < -0.4 is 22.1 Å². The van der Waals surface area contributed by atoms with Crippen LogP contribution in [0.15, 0.2) is 4.99 Å². The molecule has 9 atom stereocenters. The molecule has 1 fully saturated rings. The van der Waals surface area contributed by atoms with Gasteiger partial charge in [0.2, 0.25) is 11.8 Å². The molecule has 0 saturated carbocycles. The SMILES string of the molecule is NC1=NCC(C(O)[C@H](N)C(=O)N[C@@H](CO)C(=O)NCC=O)N1C1OC(CO)C(O)C(O)C1O. The Morgan fingerprint density at radius 1 is 1.21 bits per heavy atom. The summed E-state index contributed by atoms with van der Waals surface area (Å²) in [6.07, 6.45) is -9.08. The number of hydrogen-bond acceptors (Lipinski definition) is 14. The minimum atomic E-state index is -1.73. The number of rotatable bonds is 10. The van der Waals surface area contributed by atoms with E-state index in [1.54, 1.807) is 0 Å². The summed E-state index contributed by atoms with van der Waals surface area (Å²) in [7, 11) is 0. The molecule has 12 N–H and O–H groups in total. The summed E-state index contributed by atoms with van der Waals surface area (Å²) in [6.45, 7) is -2.04. The van der Waals surface area contributed by atoms with E-state index in [0.29, 0.717) is 6.29 Å². The molecule has 0 aromatic heterocycles. The van der Waals surface area contributed by atoms with E-state index in [9.17, 15) is 45.0 Å². The van der Waals surface area contributed by atoms with Gasteiger partial charge in [0.1, 0.15) is 48.9 Å². The highest BCUT2D eigenvalue weighted by Crippen LogP contribution is 2.28. The second-order valence-corrected chi connectivity index (χ2v) is 7.56. The first-order valence-electron chi connectivity index (χ1n) is 10.0. The van der Waals surface area contributed by atoms with Gasteiger partial charge in [-0.1, -0.05) is 0 Å². The zero-order valence-corrected chi connectivity index (χ0v) is 17.5. The van der Waals surface area contributed by atoms with Crippen LogP contribution in [0.1, 0.15) is 0 Å². The van der Waals surface area contributed by atoms with Crippen molar-refractivity contribution in [3.8, 4) is 0 Å². The van der Waals surface area contributed by atoms with Crippen molar-refractivity contribution in [2.45, 2.75) is 54.9 Å². The number of aldehydes is 1. The summed E-state index contributed by atoms with van der Waals surface area (Å²) in [5.41, 5.74) is 11.7. The number of hydrogen-bond donors (Lipinski definition) is 10. The molecule has 0 aromatic carbocycles. The zero-order valence-electron chi connectivity index (χ0n) is 17.5. The van der Waals surface area contributed by atoms with Crippen molar-refractivity contribution in [2.24, 2.45) is 16.5 Å². The molecule has 2 amide bonds. The third kappa shape index (κ3) is 5.74. The van der Waals surface area contributed by atoms with Crippen molar-refractivity contribution in [2.75, 3.05) is 26.3 Å². The molecule has 188 valence electrons. The topological polar surface area (TPSA) is 274 Å². The van der Waals surface area contributed by atoms with Gasteiger partial charge in [-0.05, 0) is 0 Å². The molecule has 1 saturated heterocycles. The molecule has 33 heavy (non-hydrogen) atoms. The molecule has 0 spiro atoms. The molecule has 2 aliphatic heterocycles. The van der Waals surface area contributed by atoms with Crippen molar-refractivity contribution >= 4 is 24.1 Å². The number of nitrogens with zero attached hydrogens (tertiary/aromatic N) is 2. The Morgan fingerprint density at radius 3 is 2.45 bits per heavy atom. The summed E-state index contributed by atoms with van der Waals surface area (Å²) < 4.78 is 5.44. The Balaban J connectivity index is 2.13. The number of guanidine groups is 1. The van der Waals surface area contributed by atoms with Crippen LogP contribution in [0.5, 0.6) is 0 Å². The van der Waals surface area contributed by atoms with Crippen molar-refractivity contribution in [1.29, 1.82) is 0 Å². The minimum absolute atomic E-state index is 0.188. The van der Waals surface area contributed by atoms with E-state index in [1.807, 2.05) is 0 Å². The lowest BCUT2D eigenvalue weighted by molar-refractivity contribution is -0.260. The van der Waals surface area contributed by atoms with Crippen LogP contribution in [0, 0.1) is 0 Å². The summed E-state index contributed by atoms with van der Waals surface area (Å²) in [5, 5.41) is 64.1. The number of aliphatic imine (C=N–C) groups is 1. The molecule has 0 aromatic rings. The van der Waals surface area contributed by atoms with Gasteiger partial charge in [-0.2, -0.15) is 0 Å². The van der Waals surface area contributed by atoms with E-state index >= 15 is 0 Å². The van der Waals surface area contributed by atoms with Crippen LogP contribution in [-0.4, -0.2) is 141 Å². The fraction of sp³-hybridized carbons (Fsp3) is 0.765. The Hall–Kier alpha value is -2.44. The second kappa shape index (κ2) is 11.6. The Bertz CT molecular complexity index is 739. The molecular formula is C17H30N6O10. The van der Waals surface area contributed by atoms with E-state index in [1.165, 1.54) is 0 Å². The Labute approximate surface area is 187 Å². The highest BCUT2D eigenvalue weighted by atomic mass is 16.6. The molecular weight excluding hydrogens is 448 g/mol. The van der Waals surface area contributed by atoms with Crippen molar-refractivity contribution in [1.82, 2.24) is 15.5 Å². The molecule has 2 rings (SSSR count). The number of carbonyl (C=O) groups excluding carboxylic acids is 3. The summed E-state index contributed by atoms with van der Waals surface area (Å²) in [4.78, 5) is 39.7. The van der Waals surface area contributed by atoms with Crippen LogP contribution >= 0.6 is 0 Å². The first kappa shape index (κ1) is 26.8. The summed E-state index contributed by atoms with van der Waals surface area (Å²) in [5.74, 6) is -2.10. The lowest BCUT2D eigenvalue weighted by Crippen LogP contribution is -2.68. The maximum Gasteiger partial charge on any atom is 0.245 e. The molecule has 0 bridgehead atoms. The molecule has 2 aliphatic rings. The fourth-order valence-corrected chi connectivity index (χ4v) is 3.55. The van der Waals surface area contributed by atoms with E-state index in [4.69, 9.17) is 16.2 Å². The largest absolute Gasteiger partial charge is 0.394 e. The van der Waals surface area contributed by atoms with Gasteiger partial charge in [0.15, 0.2) is 12.2 Å². The zero-order chi connectivity index (χ0) is 24.9. The predicted molar refractivity (Wildman–Crippen MR) is 108 cm³/mol. The molecule has 0 aliphatic carbocycles. The first-order chi connectivity index (χ1) is 15.6. The molecule has 2 heterocycles. The molecule has 0 radical (unpaired) electrons. The van der Waals surface area contributed by atoms with Gasteiger partial charge in [0.25, 0.3) is 0 Å². The lowest BCUT2D eigenvalue weighted by atomic mass is 9.95. The maximum absolute atomic E-state index is 12.5. The van der Waals surface area contributed by atoms with Gasteiger partial charge in [-0.15, -0.1) is 0 Å². The number of carbonyl (C=O) groups is 3. The minimum Gasteiger partial charge on any atom is -0.394 e. The van der Waals surface area contributed by atoms with Crippen molar-refractivity contribution in [3.05, 3.63) is 0 Å². The van der Waals surface area contributed by atoms with Crippen LogP contribution in [0.4, 0.5) is 0 Å². The van der Waals surface area contributed by atoms with Crippen LogP contribution in [0.25, 0.3) is 0 Å². The average molecular weight is 478 g/mol. The standard InChI is InChI=1S/C17H30N6O10/c18-9(15(32)22-6(4-25)14(31)20-1-2-24)10(27)7-3-21-17(19)23(7)16-13(30)12(29)11(28)8(5-26)33-16/h2,6-13,16,25-30H,1,3-5,18H2,(H2,19,21)(H,20,31)(H,22,32)/t6-,7?,8?,9-,10?,11?,12?,13?,16?/m0/s1. The highest BCUT2D eigenvalue weighted by Gasteiger charge is 2.50. The quantitative estimate of drug-likeness (QED) is 0.131. The molecule has 7 unspecified atom stereocenters. The van der Waals surface area contributed by atoms with E-state index < -0.39 is 79.9 Å². The molecule has 16 nitrogen and oxygen atoms in total. The normalized spacial score (nSPS) is 32.5. The van der Waals surface area contributed by atoms with Crippen LogP contribution in [0.3, 0.4) is 0 Å². The monoisotopic (exact) mass is 478 g/mol. The highest BCUT2D eigenvalue weighted by molar-refractivity contribution is 5.91. The van der Waals surface area contributed by atoms with E-state index in [0.717, 1.165) is 4.90 Å². The molecule has 16 heteroatoms. The van der Waals surface area contributed by atoms with E-state index in [2.05, 4.69) is 15.6 Å². The van der Waals surface area contributed by atoms with Gasteiger partial charge in [0, 0.05) is 0 Å². The van der Waals surface area contributed by atoms with E-state index in [-0.39, 0.29) is 19.0 Å². The number of aliphatic hydroxyl groups excluding tert-OH is 6. The number of ether oxygens (including phenoxy) is 1. The Morgan fingerprint density at radius 2 is 1.88 bits per heavy atom. The number of nitrogens with two attached hydrogens (primary N) is 2. The maximum atomic E-state index is 12.5. The van der Waals surface area contributed by atoms with Crippen molar-refractivity contribution < 1.29 is 49.8 Å². The summed E-state index contributed by atoms with van der Waals surface area (Å²) in [6, 6.07) is -4.25. The van der Waals surface area contributed by atoms with Crippen molar-refractivity contribution in [3.63, 3.8) is 0 Å². The average Bonchev–Trinajstić information content (AvgIpc) is 3.19. The van der Waals surface area contributed by atoms with Gasteiger partial charge in [-0.3, -0.25) is 14.6 Å². The number of nitrogens with one attached hydrogen (secondary N) is 2. The number of amides is 2. The van der Waals surface area contributed by atoms with Crippen LogP contribution in [0.2, 0.25) is 0 Å². The summed E-state index contributed by atoms with van der Waals surface area (Å²) >= 11 is 0. The second-order valence-electron chi connectivity index (χ2n) is 7.56. The predicted octanol–water partition coefficient (Wildman–Crippen LogP) is -7.73. The third-order valence-corrected chi connectivity index (χ3v) is 5.44. The smallest absolute Gasteiger partial charge is 0.245 e. The van der Waals surface area contributed by atoms with Gasteiger partial charge >= 0.3 is 0 Å². The fourth-order valence-electron chi connectivity index (χ4n) is 3.55. The first-order valence-corrected chi connectivity index (χ1v) is 10.0. The van der Waals surface area contributed by atoms with Crippen LogP contribution in [-0.2, 0) is 19.1 Å². The van der Waals surface area contributed by atoms with Gasteiger partial charge in [-0.25, -0.2) is 0 Å². The van der Waals surface area contributed by atoms with Gasteiger partial charge in [0.05, 0.1) is 32.3 Å². The van der Waals surface area contributed by atoms with Gasteiger partial charge < -0.3 is 67.2 Å². The Kier molecular flexibility index (Phi) is 9.44. The third-order valence-electron chi connectivity index (χ3n) is 5.44. The lowest BCUT2D eigenvalue weighted by Gasteiger charge is -2.46. The number of aliphatic hydroxyl groups is 6.